The van der Waals surface area contributed by atoms with Gasteiger partial charge in [-0.05, 0) is 59.2 Å². The molecule has 8 heteroatoms. The second kappa shape index (κ2) is 9.59. The second-order valence-electron chi connectivity index (χ2n) is 10.4. The smallest absolute Gasteiger partial charge is 0.238 e. The SMILES string of the molecule is O=C(c1ccccc1Cl)[C@@H]1[C@@H](C(=O)c2ccc(Cl)cc2Cl)[C@@]2(C(=O)Nc3ccccc32)[C@H]2c3ccccc3C=CN12. The van der Waals surface area contributed by atoms with Crippen LogP contribution in [0.15, 0.2) is 97.2 Å². The number of amides is 1. The van der Waals surface area contributed by atoms with Crippen molar-refractivity contribution >= 4 is 64.0 Å². The molecule has 41 heavy (non-hydrogen) atoms. The van der Waals surface area contributed by atoms with Crippen LogP contribution in [0.25, 0.3) is 6.08 Å². The fourth-order valence-corrected chi connectivity index (χ4v) is 7.58. The Morgan fingerprint density at radius 3 is 2.29 bits per heavy atom. The zero-order chi connectivity index (χ0) is 28.5. The molecule has 0 aliphatic carbocycles. The Morgan fingerprint density at radius 2 is 1.49 bits per heavy atom. The van der Waals surface area contributed by atoms with E-state index in [1.54, 1.807) is 36.4 Å². The molecule has 1 amide bonds. The lowest BCUT2D eigenvalue weighted by Crippen LogP contribution is -2.49. The minimum atomic E-state index is -1.46. The molecule has 1 spiro atoms. The molecule has 0 radical (unpaired) electrons. The number of para-hydroxylation sites is 1. The number of carbonyl (C=O) groups is 3. The molecule has 1 saturated heterocycles. The number of nitrogens with zero attached hydrogens (tertiary/aromatic N) is 1. The predicted octanol–water partition coefficient (Wildman–Crippen LogP) is 7.63. The Morgan fingerprint density at radius 1 is 0.780 bits per heavy atom. The number of ketones is 2. The van der Waals surface area contributed by atoms with Gasteiger partial charge in [-0.25, -0.2) is 0 Å². The lowest BCUT2D eigenvalue weighted by Gasteiger charge is -2.38. The van der Waals surface area contributed by atoms with Crippen molar-refractivity contribution in [2.24, 2.45) is 5.92 Å². The van der Waals surface area contributed by atoms with Crippen LogP contribution < -0.4 is 5.32 Å². The van der Waals surface area contributed by atoms with Crippen molar-refractivity contribution in [3.8, 4) is 0 Å². The molecule has 5 nitrogen and oxygen atoms in total. The molecule has 0 unspecified atom stereocenters. The fraction of sp³-hybridized carbons (Fsp3) is 0.121. The number of benzene rings is 4. The maximum absolute atomic E-state index is 14.8. The molecule has 3 aliphatic heterocycles. The van der Waals surface area contributed by atoms with Crippen molar-refractivity contribution in [2.75, 3.05) is 5.32 Å². The Bertz CT molecular complexity index is 1820. The van der Waals surface area contributed by atoms with Crippen LogP contribution in [0.2, 0.25) is 15.1 Å². The fourth-order valence-electron chi connectivity index (χ4n) is 6.84. The number of hydrogen-bond donors (Lipinski definition) is 1. The average molecular weight is 600 g/mol. The van der Waals surface area contributed by atoms with Gasteiger partial charge in [0.25, 0.3) is 0 Å². The van der Waals surface area contributed by atoms with Gasteiger partial charge in [0.05, 0.1) is 22.0 Å². The number of fused-ring (bicyclic) bond motifs is 6. The molecule has 7 rings (SSSR count). The van der Waals surface area contributed by atoms with Crippen LogP contribution in [-0.4, -0.2) is 28.4 Å². The van der Waals surface area contributed by atoms with Crippen molar-refractivity contribution in [3.05, 3.63) is 140 Å². The summed E-state index contributed by atoms with van der Waals surface area (Å²) >= 11 is 19.3. The molecule has 4 aromatic carbocycles. The minimum absolute atomic E-state index is 0.147. The largest absolute Gasteiger partial charge is 0.358 e. The summed E-state index contributed by atoms with van der Waals surface area (Å²) in [5.74, 6) is -2.29. The van der Waals surface area contributed by atoms with E-state index in [-0.39, 0.29) is 32.9 Å². The molecule has 202 valence electrons. The van der Waals surface area contributed by atoms with Crippen LogP contribution in [0.5, 0.6) is 0 Å². The lowest BCUT2D eigenvalue weighted by molar-refractivity contribution is -0.122. The summed E-state index contributed by atoms with van der Waals surface area (Å²) in [6, 6.07) is 24.7. The van der Waals surface area contributed by atoms with Gasteiger partial charge < -0.3 is 10.2 Å². The van der Waals surface area contributed by atoms with E-state index in [0.29, 0.717) is 16.3 Å². The van der Waals surface area contributed by atoms with Gasteiger partial charge in [-0.15, -0.1) is 0 Å². The third-order valence-electron chi connectivity index (χ3n) is 8.46. The Labute approximate surface area is 251 Å². The summed E-state index contributed by atoms with van der Waals surface area (Å²) in [5, 5.41) is 3.82. The van der Waals surface area contributed by atoms with Crippen LogP contribution in [0, 0.1) is 5.92 Å². The van der Waals surface area contributed by atoms with Crippen LogP contribution in [-0.2, 0) is 10.2 Å². The molecule has 0 saturated carbocycles. The Balaban J connectivity index is 1.56. The first kappa shape index (κ1) is 26.0. The standard InChI is InChI=1S/C33H21Cl3N2O3/c34-19-13-14-22(25(36)17-19)29(39)27-28(30(40)21-9-3-5-11-24(21)35)38-16-15-18-7-1-2-8-20(18)31(38)33(27)23-10-4-6-12-26(23)37-32(33)41/h1-17,27-28,31H,(H,37,41)/t27-,28-,31+,33+/m0/s1. The van der Waals surface area contributed by atoms with Gasteiger partial charge in [0, 0.05) is 28.0 Å². The quantitative estimate of drug-likeness (QED) is 0.245. The third-order valence-corrected chi connectivity index (χ3v) is 9.33. The molecule has 0 bridgehead atoms. The third kappa shape index (κ3) is 3.66. The topological polar surface area (TPSA) is 66.5 Å². The van der Waals surface area contributed by atoms with Crippen molar-refractivity contribution in [2.45, 2.75) is 17.5 Å². The monoisotopic (exact) mass is 598 g/mol. The van der Waals surface area contributed by atoms with Gasteiger partial charge in [-0.3, -0.25) is 14.4 Å². The molecule has 3 aliphatic rings. The van der Waals surface area contributed by atoms with Crippen LogP contribution in [0.4, 0.5) is 5.69 Å². The molecule has 1 N–H and O–H groups in total. The van der Waals surface area contributed by atoms with E-state index in [4.69, 9.17) is 34.8 Å². The highest BCUT2D eigenvalue weighted by Gasteiger charge is 2.70. The Kier molecular flexibility index (Phi) is 6.09. The average Bonchev–Trinajstić information content (AvgIpc) is 3.45. The highest BCUT2D eigenvalue weighted by atomic mass is 35.5. The molecular formula is C33H21Cl3N2O3. The molecule has 0 aromatic heterocycles. The van der Waals surface area contributed by atoms with E-state index in [1.807, 2.05) is 65.7 Å². The number of anilines is 1. The lowest BCUT2D eigenvalue weighted by atomic mass is 9.62. The first-order valence-electron chi connectivity index (χ1n) is 13.1. The summed E-state index contributed by atoms with van der Waals surface area (Å²) < 4.78 is 0. The number of hydrogen-bond acceptors (Lipinski definition) is 4. The first-order valence-corrected chi connectivity index (χ1v) is 14.2. The van der Waals surface area contributed by atoms with Gasteiger partial charge in [-0.1, -0.05) is 89.4 Å². The van der Waals surface area contributed by atoms with Crippen LogP contribution in [0.1, 0.15) is 43.4 Å². The van der Waals surface area contributed by atoms with Gasteiger partial charge in [0.1, 0.15) is 11.5 Å². The predicted molar refractivity (Wildman–Crippen MR) is 161 cm³/mol. The maximum Gasteiger partial charge on any atom is 0.238 e. The van der Waals surface area contributed by atoms with Crippen molar-refractivity contribution in [1.29, 1.82) is 0 Å². The van der Waals surface area contributed by atoms with Gasteiger partial charge in [0.15, 0.2) is 11.6 Å². The van der Waals surface area contributed by atoms with Crippen LogP contribution >= 0.6 is 34.8 Å². The van der Waals surface area contributed by atoms with Crippen molar-refractivity contribution in [3.63, 3.8) is 0 Å². The summed E-state index contributed by atoms with van der Waals surface area (Å²) in [6.45, 7) is 0. The number of halogens is 3. The van der Waals surface area contributed by atoms with Crippen LogP contribution in [0.3, 0.4) is 0 Å². The summed E-state index contributed by atoms with van der Waals surface area (Å²) in [4.78, 5) is 45.8. The van der Waals surface area contributed by atoms with E-state index >= 15 is 0 Å². The van der Waals surface area contributed by atoms with E-state index in [1.165, 1.54) is 6.07 Å². The summed E-state index contributed by atoms with van der Waals surface area (Å²) in [7, 11) is 0. The van der Waals surface area contributed by atoms with Gasteiger partial charge in [0.2, 0.25) is 5.91 Å². The zero-order valence-corrected chi connectivity index (χ0v) is 23.6. The van der Waals surface area contributed by atoms with Gasteiger partial charge >= 0.3 is 0 Å². The minimum Gasteiger partial charge on any atom is -0.358 e. The highest BCUT2D eigenvalue weighted by Crippen LogP contribution is 2.62. The molecule has 3 heterocycles. The van der Waals surface area contributed by atoms with Crippen molar-refractivity contribution < 1.29 is 14.4 Å². The number of nitrogens with one attached hydrogen (secondary N) is 1. The van der Waals surface area contributed by atoms with Crippen molar-refractivity contribution in [1.82, 2.24) is 4.90 Å². The van der Waals surface area contributed by atoms with E-state index in [2.05, 4.69) is 5.32 Å². The molecular weight excluding hydrogens is 579 g/mol. The van der Waals surface area contributed by atoms with E-state index < -0.39 is 29.2 Å². The normalized spacial score (nSPS) is 23.6. The summed E-state index contributed by atoms with van der Waals surface area (Å²) in [6.07, 6.45) is 3.73. The van der Waals surface area contributed by atoms with E-state index in [9.17, 15) is 14.4 Å². The highest BCUT2D eigenvalue weighted by molar-refractivity contribution is 6.37. The Hall–Kier alpha value is -3.90. The number of Topliss-reactive ketones (excluding diaryl/α,β-unsaturated/α-hetero) is 2. The second-order valence-corrected chi connectivity index (χ2v) is 11.7. The number of carbonyl (C=O) groups excluding carboxylic acids is 3. The van der Waals surface area contributed by atoms with Gasteiger partial charge in [-0.2, -0.15) is 0 Å². The zero-order valence-electron chi connectivity index (χ0n) is 21.4. The maximum atomic E-state index is 14.8. The molecule has 4 aromatic rings. The molecule has 4 atom stereocenters. The number of rotatable bonds is 4. The first-order chi connectivity index (χ1) is 19.8. The van der Waals surface area contributed by atoms with E-state index in [0.717, 1.165) is 11.1 Å². The summed E-state index contributed by atoms with van der Waals surface area (Å²) in [5.41, 5.74) is 2.01. The molecule has 1 fully saturated rings.